The minimum Gasteiger partial charge on any atom is -0.354 e. The molecule has 0 aliphatic carbocycles. The van der Waals surface area contributed by atoms with Gasteiger partial charge >= 0.3 is 0 Å². The first-order valence-electron chi connectivity index (χ1n) is 4.87. The molecule has 0 spiro atoms. The first kappa shape index (κ1) is 10.6. The molecule has 1 unspecified atom stereocenters. The topological polar surface area (TPSA) is 61.0 Å². The zero-order valence-corrected chi connectivity index (χ0v) is 10.0. The standard InChI is InChI=1S/C9H13BrN4O/c1-11-6-2-3-14(4-6)8-7(10)9(15)13-5-12-8/h5-6,11H,2-4H2,1H3,(H,12,13,15). The van der Waals surface area contributed by atoms with Crippen LogP contribution in [0.5, 0.6) is 0 Å². The van der Waals surface area contributed by atoms with Crippen LogP contribution < -0.4 is 15.8 Å². The molecule has 0 amide bonds. The summed E-state index contributed by atoms with van der Waals surface area (Å²) in [6.45, 7) is 1.83. The minimum absolute atomic E-state index is 0.132. The van der Waals surface area contributed by atoms with Gasteiger partial charge < -0.3 is 15.2 Å². The Balaban J connectivity index is 2.24. The highest BCUT2D eigenvalue weighted by molar-refractivity contribution is 9.10. The van der Waals surface area contributed by atoms with Crippen molar-refractivity contribution in [3.8, 4) is 0 Å². The van der Waals surface area contributed by atoms with Gasteiger partial charge in [0, 0.05) is 19.1 Å². The molecule has 6 heteroatoms. The number of hydrogen-bond acceptors (Lipinski definition) is 4. The van der Waals surface area contributed by atoms with Crippen LogP contribution in [0, 0.1) is 0 Å². The quantitative estimate of drug-likeness (QED) is 0.815. The maximum absolute atomic E-state index is 11.4. The molecular weight excluding hydrogens is 260 g/mol. The highest BCUT2D eigenvalue weighted by atomic mass is 79.9. The lowest BCUT2D eigenvalue weighted by atomic mass is 10.3. The average Bonchev–Trinajstić information content (AvgIpc) is 2.70. The first-order valence-corrected chi connectivity index (χ1v) is 5.67. The van der Waals surface area contributed by atoms with Gasteiger partial charge in [0.25, 0.3) is 5.56 Å². The second-order valence-electron chi connectivity index (χ2n) is 3.59. The molecule has 1 aromatic rings. The molecule has 0 aromatic carbocycles. The molecule has 2 rings (SSSR count). The second-order valence-corrected chi connectivity index (χ2v) is 4.38. The van der Waals surface area contributed by atoms with Crippen LogP contribution in [0.2, 0.25) is 0 Å². The van der Waals surface area contributed by atoms with Crippen LogP contribution in [0.4, 0.5) is 5.82 Å². The smallest absolute Gasteiger partial charge is 0.267 e. The van der Waals surface area contributed by atoms with Crippen molar-refractivity contribution in [2.75, 3.05) is 25.0 Å². The third-order valence-electron chi connectivity index (χ3n) is 2.67. The first-order chi connectivity index (χ1) is 7.22. The van der Waals surface area contributed by atoms with E-state index in [9.17, 15) is 4.79 Å². The van der Waals surface area contributed by atoms with Crippen LogP contribution in [0.25, 0.3) is 0 Å². The van der Waals surface area contributed by atoms with Gasteiger partial charge in [-0.05, 0) is 29.4 Å². The van der Waals surface area contributed by atoms with Gasteiger partial charge in [0.1, 0.15) is 10.3 Å². The summed E-state index contributed by atoms with van der Waals surface area (Å²) in [5.41, 5.74) is -0.132. The molecule has 0 saturated carbocycles. The minimum atomic E-state index is -0.132. The van der Waals surface area contributed by atoms with Crippen molar-refractivity contribution in [1.29, 1.82) is 0 Å². The normalized spacial score (nSPS) is 20.9. The van der Waals surface area contributed by atoms with E-state index in [-0.39, 0.29) is 5.56 Å². The zero-order chi connectivity index (χ0) is 10.8. The lowest BCUT2D eigenvalue weighted by Gasteiger charge is -2.17. The summed E-state index contributed by atoms with van der Waals surface area (Å²) in [5.74, 6) is 0.733. The van der Waals surface area contributed by atoms with E-state index in [1.807, 2.05) is 7.05 Å². The highest BCUT2D eigenvalue weighted by Crippen LogP contribution is 2.22. The molecule has 1 aliphatic heterocycles. The number of rotatable bonds is 2. The van der Waals surface area contributed by atoms with Crippen LogP contribution in [-0.4, -0.2) is 36.1 Å². The fourth-order valence-corrected chi connectivity index (χ4v) is 2.25. The van der Waals surface area contributed by atoms with Gasteiger partial charge in [-0.2, -0.15) is 0 Å². The summed E-state index contributed by atoms with van der Waals surface area (Å²) >= 11 is 3.26. The molecule has 2 heterocycles. The molecule has 5 nitrogen and oxygen atoms in total. The fraction of sp³-hybridized carbons (Fsp3) is 0.556. The lowest BCUT2D eigenvalue weighted by Crippen LogP contribution is -2.30. The van der Waals surface area contributed by atoms with Crippen molar-refractivity contribution in [2.24, 2.45) is 0 Å². The number of anilines is 1. The molecule has 1 aliphatic rings. The van der Waals surface area contributed by atoms with E-state index in [1.165, 1.54) is 6.33 Å². The van der Waals surface area contributed by atoms with Gasteiger partial charge in [-0.1, -0.05) is 0 Å². The molecule has 1 saturated heterocycles. The third kappa shape index (κ3) is 2.05. The summed E-state index contributed by atoms with van der Waals surface area (Å²) in [6, 6.07) is 0.484. The predicted octanol–water partition coefficient (Wildman–Crippen LogP) is 0.330. The number of aromatic amines is 1. The Kier molecular flexibility index (Phi) is 3.06. The molecule has 0 radical (unpaired) electrons. The Morgan fingerprint density at radius 2 is 2.53 bits per heavy atom. The average molecular weight is 273 g/mol. The number of nitrogens with one attached hydrogen (secondary N) is 2. The fourth-order valence-electron chi connectivity index (χ4n) is 1.78. The van der Waals surface area contributed by atoms with E-state index >= 15 is 0 Å². The molecular formula is C9H13BrN4O. The van der Waals surface area contributed by atoms with E-state index in [4.69, 9.17) is 0 Å². The summed E-state index contributed by atoms with van der Waals surface area (Å²) in [6.07, 6.45) is 2.52. The van der Waals surface area contributed by atoms with Crippen molar-refractivity contribution < 1.29 is 0 Å². The van der Waals surface area contributed by atoms with Crippen LogP contribution in [0.15, 0.2) is 15.6 Å². The SMILES string of the molecule is CNC1CCN(c2nc[nH]c(=O)c2Br)C1. The maximum Gasteiger partial charge on any atom is 0.267 e. The largest absolute Gasteiger partial charge is 0.354 e. The number of nitrogens with zero attached hydrogens (tertiary/aromatic N) is 2. The summed E-state index contributed by atoms with van der Waals surface area (Å²) < 4.78 is 0.516. The molecule has 15 heavy (non-hydrogen) atoms. The van der Waals surface area contributed by atoms with Crippen LogP contribution >= 0.6 is 15.9 Å². The highest BCUT2D eigenvalue weighted by Gasteiger charge is 2.24. The van der Waals surface area contributed by atoms with Gasteiger partial charge in [-0.25, -0.2) is 4.98 Å². The van der Waals surface area contributed by atoms with Gasteiger partial charge in [-0.15, -0.1) is 0 Å². The zero-order valence-electron chi connectivity index (χ0n) is 8.46. The summed E-state index contributed by atoms with van der Waals surface area (Å²) in [7, 11) is 1.95. The van der Waals surface area contributed by atoms with E-state index in [2.05, 4.69) is 36.1 Å². The number of hydrogen-bond donors (Lipinski definition) is 2. The lowest BCUT2D eigenvalue weighted by molar-refractivity contribution is 0.616. The maximum atomic E-state index is 11.4. The van der Waals surface area contributed by atoms with Crippen LogP contribution in [0.3, 0.4) is 0 Å². The number of halogens is 1. The number of aromatic nitrogens is 2. The van der Waals surface area contributed by atoms with Crippen LogP contribution in [-0.2, 0) is 0 Å². The monoisotopic (exact) mass is 272 g/mol. The Bertz CT molecular complexity index is 405. The molecule has 1 fully saturated rings. The van der Waals surface area contributed by atoms with Crippen molar-refractivity contribution in [1.82, 2.24) is 15.3 Å². The molecule has 0 bridgehead atoms. The van der Waals surface area contributed by atoms with Gasteiger partial charge in [-0.3, -0.25) is 4.79 Å². The van der Waals surface area contributed by atoms with Crippen molar-refractivity contribution in [2.45, 2.75) is 12.5 Å². The molecule has 1 aromatic heterocycles. The molecule has 2 N–H and O–H groups in total. The van der Waals surface area contributed by atoms with Gasteiger partial charge in [0.15, 0.2) is 0 Å². The Morgan fingerprint density at radius 3 is 3.20 bits per heavy atom. The Morgan fingerprint density at radius 1 is 1.73 bits per heavy atom. The molecule has 1 atom stereocenters. The van der Waals surface area contributed by atoms with Crippen molar-refractivity contribution >= 4 is 21.7 Å². The second kappa shape index (κ2) is 4.32. The van der Waals surface area contributed by atoms with Gasteiger partial charge in [0.2, 0.25) is 0 Å². The van der Waals surface area contributed by atoms with E-state index < -0.39 is 0 Å². The summed E-state index contributed by atoms with van der Waals surface area (Å²) in [5, 5.41) is 3.23. The van der Waals surface area contributed by atoms with Crippen molar-refractivity contribution in [3.63, 3.8) is 0 Å². The molecule has 82 valence electrons. The predicted molar refractivity (Wildman–Crippen MR) is 62.2 cm³/mol. The van der Waals surface area contributed by atoms with Gasteiger partial charge in [0.05, 0.1) is 6.33 Å². The third-order valence-corrected chi connectivity index (χ3v) is 3.39. The number of likely N-dealkylation sites (N-methyl/N-ethyl adjacent to an activating group) is 1. The Labute approximate surface area is 96.0 Å². The number of H-pyrrole nitrogens is 1. The Hall–Kier alpha value is -0.880. The van der Waals surface area contributed by atoms with E-state index in [0.717, 1.165) is 25.3 Å². The van der Waals surface area contributed by atoms with E-state index in [0.29, 0.717) is 10.5 Å². The van der Waals surface area contributed by atoms with Crippen molar-refractivity contribution in [3.05, 3.63) is 21.2 Å². The summed E-state index contributed by atoms with van der Waals surface area (Å²) in [4.78, 5) is 20.2. The van der Waals surface area contributed by atoms with Crippen LogP contribution in [0.1, 0.15) is 6.42 Å². The van der Waals surface area contributed by atoms with E-state index in [1.54, 1.807) is 0 Å².